The minimum absolute atomic E-state index is 0.134. The molecule has 0 aromatic heterocycles. The normalized spacial score (nSPS) is 20.0. The Hall–Kier alpha value is -0.0400. The fourth-order valence-electron chi connectivity index (χ4n) is 1.97. The summed E-state index contributed by atoms with van der Waals surface area (Å²) in [7, 11) is 0. The molecule has 3 nitrogen and oxygen atoms in total. The summed E-state index contributed by atoms with van der Waals surface area (Å²) in [5.74, 6) is 0.620. The summed E-state index contributed by atoms with van der Waals surface area (Å²) in [6, 6.07) is 0. The average Bonchev–Trinajstić information content (AvgIpc) is 2.50. The van der Waals surface area contributed by atoms with Crippen LogP contribution in [0.3, 0.4) is 0 Å². The van der Waals surface area contributed by atoms with Crippen molar-refractivity contribution in [1.29, 1.82) is 0 Å². The van der Waals surface area contributed by atoms with Crippen molar-refractivity contribution in [3.63, 3.8) is 0 Å². The lowest BCUT2D eigenvalue weighted by atomic mass is 10.4. The van der Waals surface area contributed by atoms with Crippen LogP contribution in [0.5, 0.6) is 0 Å². The summed E-state index contributed by atoms with van der Waals surface area (Å²) in [5, 5.41) is 0. The van der Waals surface area contributed by atoms with Gasteiger partial charge in [0.2, 0.25) is 0 Å². The van der Waals surface area contributed by atoms with Crippen LogP contribution in [0.2, 0.25) is 0 Å². The molecule has 108 valence electrons. The second kappa shape index (κ2) is 8.19. The molecule has 0 aliphatic carbocycles. The Morgan fingerprint density at radius 3 is 2.17 bits per heavy atom. The molecular formula is C11H20ClF3N2O. The number of alkyl halides is 4. The molecule has 0 N–H and O–H groups in total. The van der Waals surface area contributed by atoms with E-state index in [1.165, 1.54) is 0 Å². The summed E-state index contributed by atoms with van der Waals surface area (Å²) < 4.78 is 40.2. The molecule has 0 atom stereocenters. The third kappa shape index (κ3) is 7.41. The van der Waals surface area contributed by atoms with Crippen molar-refractivity contribution in [2.45, 2.75) is 12.6 Å². The number of ether oxygens (including phenoxy) is 1. The van der Waals surface area contributed by atoms with Crippen molar-refractivity contribution >= 4 is 11.6 Å². The van der Waals surface area contributed by atoms with Gasteiger partial charge in [0.25, 0.3) is 0 Å². The second-order valence-electron chi connectivity index (χ2n) is 4.39. The van der Waals surface area contributed by atoms with E-state index in [2.05, 4.69) is 14.5 Å². The van der Waals surface area contributed by atoms with Crippen molar-refractivity contribution in [3.8, 4) is 0 Å². The molecule has 0 spiro atoms. The van der Waals surface area contributed by atoms with Gasteiger partial charge in [-0.1, -0.05) is 0 Å². The van der Waals surface area contributed by atoms with Gasteiger partial charge in [0.15, 0.2) is 0 Å². The van der Waals surface area contributed by atoms with Gasteiger partial charge in [0.1, 0.15) is 6.61 Å². The van der Waals surface area contributed by atoms with E-state index in [9.17, 15) is 13.2 Å². The zero-order valence-electron chi connectivity index (χ0n) is 10.4. The minimum atomic E-state index is -4.23. The van der Waals surface area contributed by atoms with Crippen LogP contribution in [0.25, 0.3) is 0 Å². The summed E-state index contributed by atoms with van der Waals surface area (Å²) in [5.41, 5.74) is 0. The first-order chi connectivity index (χ1) is 8.51. The summed E-state index contributed by atoms with van der Waals surface area (Å²) in [6.07, 6.45) is -3.20. The lowest BCUT2D eigenvalue weighted by molar-refractivity contribution is -0.174. The highest BCUT2D eigenvalue weighted by Gasteiger charge is 2.27. The molecule has 1 rings (SSSR count). The van der Waals surface area contributed by atoms with Crippen LogP contribution in [-0.4, -0.2) is 74.3 Å². The predicted molar refractivity (Wildman–Crippen MR) is 65.1 cm³/mol. The van der Waals surface area contributed by atoms with Crippen LogP contribution in [0, 0.1) is 0 Å². The summed E-state index contributed by atoms with van der Waals surface area (Å²) in [6.45, 7) is 4.12. The Balaban J connectivity index is 2.12. The molecule has 0 aromatic carbocycles. The highest BCUT2D eigenvalue weighted by atomic mass is 35.5. The van der Waals surface area contributed by atoms with Crippen LogP contribution in [0.4, 0.5) is 13.2 Å². The Morgan fingerprint density at radius 1 is 1.00 bits per heavy atom. The lowest BCUT2D eigenvalue weighted by Gasteiger charge is -2.21. The van der Waals surface area contributed by atoms with Crippen molar-refractivity contribution in [1.82, 2.24) is 9.80 Å². The molecule has 1 fully saturated rings. The van der Waals surface area contributed by atoms with E-state index in [1.54, 1.807) is 0 Å². The molecule has 0 bridgehead atoms. The van der Waals surface area contributed by atoms with Crippen LogP contribution >= 0.6 is 11.6 Å². The van der Waals surface area contributed by atoms with Gasteiger partial charge in [-0.3, -0.25) is 4.90 Å². The van der Waals surface area contributed by atoms with E-state index in [1.807, 2.05) is 0 Å². The number of hydrogen-bond donors (Lipinski definition) is 0. The topological polar surface area (TPSA) is 15.7 Å². The van der Waals surface area contributed by atoms with Crippen LogP contribution in [0.1, 0.15) is 6.42 Å². The lowest BCUT2D eigenvalue weighted by Crippen LogP contribution is -2.34. The maximum absolute atomic E-state index is 11.9. The van der Waals surface area contributed by atoms with E-state index < -0.39 is 12.8 Å². The highest BCUT2D eigenvalue weighted by Crippen LogP contribution is 2.14. The molecule has 0 radical (unpaired) electrons. The van der Waals surface area contributed by atoms with Crippen molar-refractivity contribution in [3.05, 3.63) is 0 Å². The molecule has 18 heavy (non-hydrogen) atoms. The predicted octanol–water partition coefficient (Wildman–Crippen LogP) is 1.81. The smallest absolute Gasteiger partial charge is 0.371 e. The third-order valence-corrected chi connectivity index (χ3v) is 3.07. The van der Waals surface area contributed by atoms with Gasteiger partial charge in [0.05, 0.1) is 6.61 Å². The molecule has 0 unspecified atom stereocenters. The van der Waals surface area contributed by atoms with Crippen molar-refractivity contribution < 1.29 is 17.9 Å². The van der Waals surface area contributed by atoms with Gasteiger partial charge >= 0.3 is 6.18 Å². The molecule has 0 amide bonds. The van der Waals surface area contributed by atoms with Crippen LogP contribution in [-0.2, 0) is 4.74 Å². The molecular weight excluding hydrogens is 269 g/mol. The molecule has 1 aliphatic heterocycles. The standard InChI is InChI=1S/C11H20ClF3N2O/c12-2-5-16-3-1-4-17(7-6-16)8-9-18-10-11(13,14)15/h1-10H2. The van der Waals surface area contributed by atoms with E-state index >= 15 is 0 Å². The number of nitrogens with zero attached hydrogens (tertiary/aromatic N) is 2. The monoisotopic (exact) mass is 288 g/mol. The van der Waals surface area contributed by atoms with Gasteiger partial charge < -0.3 is 9.64 Å². The molecule has 1 saturated heterocycles. The average molecular weight is 289 g/mol. The maximum atomic E-state index is 11.9. The molecule has 0 saturated carbocycles. The molecule has 1 aliphatic rings. The molecule has 1 heterocycles. The largest absolute Gasteiger partial charge is 0.411 e. The fraction of sp³-hybridized carbons (Fsp3) is 1.00. The van der Waals surface area contributed by atoms with Gasteiger partial charge in [-0.25, -0.2) is 0 Å². The number of hydrogen-bond acceptors (Lipinski definition) is 3. The van der Waals surface area contributed by atoms with Crippen molar-refractivity contribution in [2.75, 3.05) is 58.4 Å². The van der Waals surface area contributed by atoms with E-state index in [0.717, 1.165) is 39.1 Å². The zero-order chi connectivity index (χ0) is 13.4. The van der Waals surface area contributed by atoms with Crippen LogP contribution in [0.15, 0.2) is 0 Å². The number of rotatable bonds is 6. The SMILES string of the molecule is FC(F)(F)COCCN1CCCN(CCCl)CC1. The minimum Gasteiger partial charge on any atom is -0.371 e. The maximum Gasteiger partial charge on any atom is 0.411 e. The molecule has 7 heteroatoms. The molecule has 0 aromatic rings. The Bertz CT molecular complexity index is 229. The van der Waals surface area contributed by atoms with E-state index in [0.29, 0.717) is 12.4 Å². The van der Waals surface area contributed by atoms with Gasteiger partial charge in [-0.2, -0.15) is 13.2 Å². The highest BCUT2D eigenvalue weighted by molar-refractivity contribution is 6.18. The first kappa shape index (κ1) is 16.0. The summed E-state index contributed by atoms with van der Waals surface area (Å²) >= 11 is 5.69. The van der Waals surface area contributed by atoms with Gasteiger partial charge in [-0.05, 0) is 19.5 Å². The second-order valence-corrected chi connectivity index (χ2v) is 4.77. The quantitative estimate of drug-likeness (QED) is 0.548. The number of halogens is 4. The Kier molecular flexibility index (Phi) is 7.29. The van der Waals surface area contributed by atoms with Gasteiger partial charge in [-0.15, -0.1) is 11.6 Å². The van der Waals surface area contributed by atoms with Crippen LogP contribution < -0.4 is 0 Å². The van der Waals surface area contributed by atoms with Crippen molar-refractivity contribution in [2.24, 2.45) is 0 Å². The zero-order valence-corrected chi connectivity index (χ0v) is 11.1. The first-order valence-electron chi connectivity index (χ1n) is 6.16. The van der Waals surface area contributed by atoms with E-state index in [-0.39, 0.29) is 6.61 Å². The fourth-order valence-corrected chi connectivity index (χ4v) is 2.21. The first-order valence-corrected chi connectivity index (χ1v) is 6.70. The Labute approximate surface area is 111 Å². The summed E-state index contributed by atoms with van der Waals surface area (Å²) in [4.78, 5) is 4.42. The third-order valence-electron chi connectivity index (χ3n) is 2.90. The van der Waals surface area contributed by atoms with Gasteiger partial charge in [0, 0.05) is 32.1 Å². The Morgan fingerprint density at radius 2 is 1.61 bits per heavy atom. The van der Waals surface area contributed by atoms with E-state index in [4.69, 9.17) is 11.6 Å².